The van der Waals surface area contributed by atoms with Gasteiger partial charge in [-0.25, -0.2) is 8.42 Å². The summed E-state index contributed by atoms with van der Waals surface area (Å²) >= 11 is 0. The van der Waals surface area contributed by atoms with Gasteiger partial charge < -0.3 is 14.7 Å². The molecule has 9 heteroatoms. The predicted molar refractivity (Wildman–Crippen MR) is 120 cm³/mol. The molecule has 0 radical (unpaired) electrons. The van der Waals surface area contributed by atoms with Gasteiger partial charge in [0.05, 0.1) is 5.92 Å². The zero-order valence-electron chi connectivity index (χ0n) is 18.5. The van der Waals surface area contributed by atoms with Gasteiger partial charge in [0.2, 0.25) is 15.9 Å². The van der Waals surface area contributed by atoms with Crippen molar-refractivity contribution < 1.29 is 17.7 Å². The van der Waals surface area contributed by atoms with Gasteiger partial charge in [-0.05, 0) is 43.9 Å². The van der Waals surface area contributed by atoms with Crippen molar-refractivity contribution >= 4 is 27.7 Å². The number of hydrogen-bond donors (Lipinski definition) is 1. The minimum atomic E-state index is -3.85. The first-order chi connectivity index (χ1) is 14.7. The van der Waals surface area contributed by atoms with Crippen molar-refractivity contribution in [3.63, 3.8) is 0 Å². The first-order valence-electron chi connectivity index (χ1n) is 10.4. The van der Waals surface area contributed by atoms with Crippen LogP contribution in [0.1, 0.15) is 36.8 Å². The van der Waals surface area contributed by atoms with Crippen molar-refractivity contribution in [1.29, 1.82) is 0 Å². The highest BCUT2D eigenvalue weighted by Gasteiger charge is 2.37. The number of sulfonamides is 1. The molecule has 3 rings (SSSR count). The molecule has 1 aromatic carbocycles. The van der Waals surface area contributed by atoms with Crippen LogP contribution in [0.2, 0.25) is 0 Å². The molecule has 0 bridgehead atoms. The third-order valence-corrected chi connectivity index (χ3v) is 7.34. The quantitative estimate of drug-likeness (QED) is 0.702. The summed E-state index contributed by atoms with van der Waals surface area (Å²) < 4.78 is 33.4. The van der Waals surface area contributed by atoms with Gasteiger partial charge in [0.25, 0.3) is 0 Å². The molecule has 168 valence electrons. The fourth-order valence-electron chi connectivity index (χ4n) is 3.63. The maximum atomic E-state index is 13.4. The van der Waals surface area contributed by atoms with E-state index >= 15 is 0 Å². The number of nitrogens with zero attached hydrogens (tertiary/aromatic N) is 3. The number of piperidine rings is 1. The van der Waals surface area contributed by atoms with Crippen molar-refractivity contribution in [3.05, 3.63) is 47.5 Å². The van der Waals surface area contributed by atoms with E-state index in [2.05, 4.69) is 17.4 Å². The van der Waals surface area contributed by atoms with Crippen LogP contribution in [0.15, 0.2) is 39.9 Å². The van der Waals surface area contributed by atoms with Gasteiger partial charge in [0.15, 0.2) is 10.7 Å². The van der Waals surface area contributed by atoms with E-state index in [1.54, 1.807) is 24.1 Å². The summed E-state index contributed by atoms with van der Waals surface area (Å²) in [5.41, 5.74) is 2.17. The number of nitrogens with one attached hydrogen (secondary N) is 1. The van der Waals surface area contributed by atoms with Crippen molar-refractivity contribution in [1.82, 2.24) is 14.4 Å². The first kappa shape index (κ1) is 23.0. The molecular weight excluding hydrogens is 416 g/mol. The van der Waals surface area contributed by atoms with Crippen LogP contribution in [0.3, 0.4) is 0 Å². The van der Waals surface area contributed by atoms with Crippen molar-refractivity contribution in [3.8, 4) is 0 Å². The average Bonchev–Trinajstić information content (AvgIpc) is 3.13. The van der Waals surface area contributed by atoms with Crippen LogP contribution in [-0.4, -0.2) is 55.9 Å². The minimum Gasteiger partial charge on any atom is -0.383 e. The standard InChI is InChI=1S/C22H30N4O4S/c1-5-17-8-6-10-19(14-17)23-22(27)18-9-7-12-26(15-18)31(28,29)21-16(2)24-30-20(21)11-13-25(3)4/h6,8,10-11,13-14,18H,5,7,9,12,15H2,1-4H3,(H,23,27). The fraction of sp³-hybridized carbons (Fsp3) is 0.455. The number of carbonyl (C=O) groups is 1. The van der Waals surface area contributed by atoms with E-state index in [1.807, 2.05) is 38.4 Å². The lowest BCUT2D eigenvalue weighted by molar-refractivity contribution is -0.120. The van der Waals surface area contributed by atoms with Gasteiger partial charge >= 0.3 is 0 Å². The summed E-state index contributed by atoms with van der Waals surface area (Å²) in [4.78, 5) is 14.7. The van der Waals surface area contributed by atoms with E-state index in [-0.39, 0.29) is 23.1 Å². The zero-order valence-corrected chi connectivity index (χ0v) is 19.3. The van der Waals surface area contributed by atoms with Gasteiger partial charge in [-0.1, -0.05) is 24.2 Å². The number of hydrogen-bond acceptors (Lipinski definition) is 6. The molecule has 1 aromatic heterocycles. The number of rotatable bonds is 7. The topological polar surface area (TPSA) is 95.8 Å². The molecule has 2 heterocycles. The van der Waals surface area contributed by atoms with Crippen LogP contribution in [-0.2, 0) is 21.2 Å². The molecule has 31 heavy (non-hydrogen) atoms. The maximum Gasteiger partial charge on any atom is 0.248 e. The van der Waals surface area contributed by atoms with E-state index < -0.39 is 15.9 Å². The lowest BCUT2D eigenvalue weighted by atomic mass is 9.98. The Hall–Kier alpha value is -2.65. The highest BCUT2D eigenvalue weighted by molar-refractivity contribution is 7.89. The van der Waals surface area contributed by atoms with Gasteiger partial charge in [-0.3, -0.25) is 4.79 Å². The lowest BCUT2D eigenvalue weighted by Gasteiger charge is -2.31. The Kier molecular flexibility index (Phi) is 7.17. The average molecular weight is 447 g/mol. The third kappa shape index (κ3) is 5.34. The molecule has 1 unspecified atom stereocenters. The van der Waals surface area contributed by atoms with Crippen molar-refractivity contribution in [2.75, 3.05) is 32.5 Å². The zero-order chi connectivity index (χ0) is 22.6. The molecule has 1 atom stereocenters. The van der Waals surface area contributed by atoms with Crippen LogP contribution in [0.4, 0.5) is 5.69 Å². The summed E-state index contributed by atoms with van der Waals surface area (Å²) in [6.07, 6.45) is 5.42. The molecule has 2 aromatic rings. The Balaban J connectivity index is 1.78. The van der Waals surface area contributed by atoms with E-state index in [0.717, 1.165) is 17.7 Å². The molecule has 0 spiro atoms. The van der Waals surface area contributed by atoms with Crippen LogP contribution in [0.5, 0.6) is 0 Å². The van der Waals surface area contributed by atoms with Gasteiger partial charge in [-0.2, -0.15) is 4.31 Å². The van der Waals surface area contributed by atoms with E-state index in [1.165, 1.54) is 4.31 Å². The van der Waals surface area contributed by atoms with E-state index in [0.29, 0.717) is 25.1 Å². The highest BCUT2D eigenvalue weighted by Crippen LogP contribution is 2.29. The molecule has 1 saturated heterocycles. The normalized spacial score (nSPS) is 17.7. The summed E-state index contributed by atoms with van der Waals surface area (Å²) in [5, 5.41) is 6.79. The Bertz CT molecular complexity index is 1060. The monoisotopic (exact) mass is 446 g/mol. The number of benzene rings is 1. The number of aromatic nitrogens is 1. The van der Waals surface area contributed by atoms with Crippen LogP contribution in [0, 0.1) is 12.8 Å². The van der Waals surface area contributed by atoms with Crippen LogP contribution < -0.4 is 5.32 Å². The number of amides is 1. The second kappa shape index (κ2) is 9.65. The van der Waals surface area contributed by atoms with Gasteiger partial charge in [-0.15, -0.1) is 0 Å². The highest BCUT2D eigenvalue weighted by atomic mass is 32.2. The smallest absolute Gasteiger partial charge is 0.248 e. The fourth-order valence-corrected chi connectivity index (χ4v) is 5.41. The Morgan fingerprint density at radius 3 is 2.87 bits per heavy atom. The molecule has 8 nitrogen and oxygen atoms in total. The van der Waals surface area contributed by atoms with Crippen LogP contribution in [0.25, 0.3) is 6.08 Å². The van der Waals surface area contributed by atoms with Gasteiger partial charge in [0.1, 0.15) is 5.69 Å². The summed E-state index contributed by atoms with van der Waals surface area (Å²) in [6.45, 7) is 4.15. The summed E-state index contributed by atoms with van der Waals surface area (Å²) in [6, 6.07) is 7.70. The van der Waals surface area contributed by atoms with Crippen LogP contribution >= 0.6 is 0 Å². The number of carbonyl (C=O) groups excluding carboxylic acids is 1. The molecule has 1 fully saturated rings. The second-order valence-corrected chi connectivity index (χ2v) is 9.86. The van der Waals surface area contributed by atoms with E-state index in [9.17, 15) is 13.2 Å². The summed E-state index contributed by atoms with van der Waals surface area (Å²) in [7, 11) is -0.188. The predicted octanol–water partition coefficient (Wildman–Crippen LogP) is 3.12. The van der Waals surface area contributed by atoms with Crippen molar-refractivity contribution in [2.24, 2.45) is 5.92 Å². The number of anilines is 1. The molecule has 1 aliphatic rings. The minimum absolute atomic E-state index is 0.0577. The van der Waals surface area contributed by atoms with Gasteiger partial charge in [0, 0.05) is 45.1 Å². The molecule has 1 N–H and O–H groups in total. The molecule has 0 saturated carbocycles. The Labute approximate surface area is 183 Å². The molecule has 1 aliphatic heterocycles. The van der Waals surface area contributed by atoms with Crippen molar-refractivity contribution in [2.45, 2.75) is 38.0 Å². The molecule has 0 aliphatic carbocycles. The Morgan fingerprint density at radius 2 is 2.16 bits per heavy atom. The third-order valence-electron chi connectivity index (χ3n) is 5.31. The Morgan fingerprint density at radius 1 is 1.39 bits per heavy atom. The first-order valence-corrected chi connectivity index (χ1v) is 11.9. The number of aryl methyl sites for hydroxylation is 2. The maximum absolute atomic E-state index is 13.4. The largest absolute Gasteiger partial charge is 0.383 e. The molecule has 1 amide bonds. The lowest BCUT2D eigenvalue weighted by Crippen LogP contribution is -2.43. The molecular formula is C22H30N4O4S. The summed E-state index contributed by atoms with van der Waals surface area (Å²) in [5.74, 6) is -0.396. The second-order valence-electron chi connectivity index (χ2n) is 7.99. The van der Waals surface area contributed by atoms with E-state index in [4.69, 9.17) is 4.52 Å². The SMILES string of the molecule is CCc1cccc(NC(=O)C2CCCN(S(=O)(=O)c3c(C)noc3C=CN(C)C)C2)c1.